The maximum Gasteiger partial charge on any atom is 0.114 e. The molecule has 2 bridgehead atoms. The molecule has 3 atom stereocenters. The van der Waals surface area contributed by atoms with Gasteiger partial charge in [-0.1, -0.05) is 6.42 Å². The zero-order chi connectivity index (χ0) is 8.18. The van der Waals surface area contributed by atoms with Gasteiger partial charge in [-0.05, 0) is 37.0 Å². The van der Waals surface area contributed by atoms with E-state index in [-0.39, 0.29) is 0 Å². The van der Waals surface area contributed by atoms with Gasteiger partial charge in [-0.3, -0.25) is 0 Å². The molecule has 1 saturated heterocycles. The average Bonchev–Trinajstić information content (AvgIpc) is 2.59. The molecule has 3 aliphatic rings. The van der Waals surface area contributed by atoms with Crippen LogP contribution in [0.4, 0.5) is 0 Å². The van der Waals surface area contributed by atoms with Gasteiger partial charge >= 0.3 is 0 Å². The van der Waals surface area contributed by atoms with Gasteiger partial charge < -0.3 is 9.84 Å². The van der Waals surface area contributed by atoms with Crippen LogP contribution in [0.3, 0.4) is 0 Å². The second kappa shape index (κ2) is 2.24. The van der Waals surface area contributed by atoms with Gasteiger partial charge in [0.25, 0.3) is 0 Å². The number of hydrogen-bond acceptors (Lipinski definition) is 2. The molecule has 1 aliphatic heterocycles. The molecular formula is C10H16O2. The lowest BCUT2D eigenvalue weighted by Crippen LogP contribution is -2.56. The van der Waals surface area contributed by atoms with E-state index in [2.05, 4.69) is 0 Å². The van der Waals surface area contributed by atoms with Crippen molar-refractivity contribution in [3.8, 4) is 0 Å². The predicted octanol–water partition coefficient (Wildman–Crippen LogP) is 1.18. The Kier molecular flexibility index (Phi) is 1.37. The van der Waals surface area contributed by atoms with Gasteiger partial charge in [0.2, 0.25) is 0 Å². The second-order valence-corrected chi connectivity index (χ2v) is 4.88. The first kappa shape index (κ1) is 7.34. The van der Waals surface area contributed by atoms with Gasteiger partial charge in [0, 0.05) is 0 Å². The minimum absolute atomic E-state index is 0.417. The highest BCUT2D eigenvalue weighted by molar-refractivity contribution is 5.02. The first-order valence-corrected chi connectivity index (χ1v) is 5.08. The van der Waals surface area contributed by atoms with Crippen LogP contribution in [0.5, 0.6) is 0 Å². The Balaban J connectivity index is 1.77. The summed E-state index contributed by atoms with van der Waals surface area (Å²) in [5, 5.41) is 10.1. The first-order chi connectivity index (χ1) is 5.78. The number of fused-ring (bicyclic) bond motifs is 2. The number of hydrogen-bond donors (Lipinski definition) is 1. The summed E-state index contributed by atoms with van der Waals surface area (Å²) in [4.78, 5) is 0. The Hall–Kier alpha value is -0.0800. The summed E-state index contributed by atoms with van der Waals surface area (Å²) in [7, 11) is 0. The van der Waals surface area contributed by atoms with E-state index < -0.39 is 5.60 Å². The zero-order valence-electron chi connectivity index (χ0n) is 7.33. The van der Waals surface area contributed by atoms with Crippen molar-refractivity contribution in [3.05, 3.63) is 0 Å². The third-order valence-corrected chi connectivity index (χ3v) is 4.13. The van der Waals surface area contributed by atoms with Gasteiger partial charge in [0.15, 0.2) is 0 Å². The molecular weight excluding hydrogens is 152 g/mol. The van der Waals surface area contributed by atoms with Crippen LogP contribution in [0.1, 0.15) is 25.7 Å². The summed E-state index contributed by atoms with van der Waals surface area (Å²) in [5.41, 5.74) is -0.417. The van der Waals surface area contributed by atoms with Gasteiger partial charge in [-0.2, -0.15) is 0 Å². The molecule has 2 heteroatoms. The SMILES string of the molecule is OC1(C2CC3CCC2C3)COC1. The van der Waals surface area contributed by atoms with Crippen molar-refractivity contribution in [1.29, 1.82) is 0 Å². The Bertz CT molecular complexity index is 198. The van der Waals surface area contributed by atoms with E-state index >= 15 is 0 Å². The van der Waals surface area contributed by atoms with E-state index in [9.17, 15) is 5.11 Å². The maximum atomic E-state index is 10.1. The molecule has 1 heterocycles. The smallest absolute Gasteiger partial charge is 0.114 e. The fourth-order valence-electron chi connectivity index (χ4n) is 3.43. The van der Waals surface area contributed by atoms with Crippen molar-refractivity contribution >= 4 is 0 Å². The quantitative estimate of drug-likeness (QED) is 0.637. The van der Waals surface area contributed by atoms with Crippen molar-refractivity contribution in [2.45, 2.75) is 31.3 Å². The monoisotopic (exact) mass is 168 g/mol. The molecule has 0 aromatic carbocycles. The fraction of sp³-hybridized carbons (Fsp3) is 1.00. The lowest BCUT2D eigenvalue weighted by molar-refractivity contribution is -0.215. The molecule has 3 rings (SSSR count). The van der Waals surface area contributed by atoms with Crippen LogP contribution < -0.4 is 0 Å². The fourth-order valence-corrected chi connectivity index (χ4v) is 3.43. The van der Waals surface area contributed by atoms with Crippen LogP contribution in [0.25, 0.3) is 0 Å². The van der Waals surface area contributed by atoms with Crippen molar-refractivity contribution in [3.63, 3.8) is 0 Å². The standard InChI is InChI=1S/C10H16O2/c11-10(5-12-6-10)9-4-7-1-2-8(9)3-7/h7-9,11H,1-6H2. The zero-order valence-corrected chi connectivity index (χ0v) is 7.33. The lowest BCUT2D eigenvalue weighted by Gasteiger charge is -2.44. The largest absolute Gasteiger partial charge is 0.385 e. The summed E-state index contributed by atoms with van der Waals surface area (Å²) < 4.78 is 5.11. The minimum Gasteiger partial charge on any atom is -0.385 e. The Labute approximate surface area is 72.9 Å². The van der Waals surface area contributed by atoms with Crippen LogP contribution in [0, 0.1) is 17.8 Å². The van der Waals surface area contributed by atoms with Gasteiger partial charge in [-0.25, -0.2) is 0 Å². The highest BCUT2D eigenvalue weighted by Gasteiger charge is 2.53. The Morgan fingerprint density at radius 1 is 1.17 bits per heavy atom. The number of ether oxygens (including phenoxy) is 1. The molecule has 2 nitrogen and oxygen atoms in total. The second-order valence-electron chi connectivity index (χ2n) is 4.88. The third kappa shape index (κ3) is 0.826. The van der Waals surface area contributed by atoms with Crippen LogP contribution in [0.15, 0.2) is 0 Å². The molecule has 0 aromatic heterocycles. The highest BCUT2D eigenvalue weighted by Crippen LogP contribution is 2.53. The Morgan fingerprint density at radius 3 is 2.42 bits per heavy atom. The van der Waals surface area contributed by atoms with Crippen LogP contribution in [0.2, 0.25) is 0 Å². The topological polar surface area (TPSA) is 29.5 Å². The molecule has 3 fully saturated rings. The Morgan fingerprint density at radius 2 is 2.00 bits per heavy atom. The van der Waals surface area contributed by atoms with Crippen LogP contribution >= 0.6 is 0 Å². The molecule has 2 aliphatic carbocycles. The van der Waals surface area contributed by atoms with E-state index in [1.165, 1.54) is 25.7 Å². The molecule has 12 heavy (non-hydrogen) atoms. The molecule has 0 spiro atoms. The van der Waals surface area contributed by atoms with Crippen molar-refractivity contribution < 1.29 is 9.84 Å². The summed E-state index contributed by atoms with van der Waals surface area (Å²) in [5.74, 6) is 2.33. The van der Waals surface area contributed by atoms with Crippen molar-refractivity contribution in [1.82, 2.24) is 0 Å². The van der Waals surface area contributed by atoms with E-state index in [4.69, 9.17) is 4.74 Å². The molecule has 0 aromatic rings. The number of aliphatic hydroxyl groups is 1. The van der Waals surface area contributed by atoms with Crippen molar-refractivity contribution in [2.24, 2.45) is 17.8 Å². The van der Waals surface area contributed by atoms with E-state index in [1.54, 1.807) is 0 Å². The first-order valence-electron chi connectivity index (χ1n) is 5.08. The molecule has 2 saturated carbocycles. The third-order valence-electron chi connectivity index (χ3n) is 4.13. The maximum absolute atomic E-state index is 10.1. The summed E-state index contributed by atoms with van der Waals surface area (Å²) in [6.07, 6.45) is 5.42. The molecule has 68 valence electrons. The van der Waals surface area contributed by atoms with Crippen LogP contribution in [-0.2, 0) is 4.74 Å². The van der Waals surface area contributed by atoms with E-state index in [0.717, 1.165) is 11.8 Å². The molecule has 1 N–H and O–H groups in total. The average molecular weight is 168 g/mol. The normalized spacial score (nSPS) is 49.2. The molecule has 3 unspecified atom stereocenters. The summed E-state index contributed by atoms with van der Waals surface area (Å²) in [6, 6.07) is 0. The lowest BCUT2D eigenvalue weighted by atomic mass is 9.75. The van der Waals surface area contributed by atoms with Gasteiger partial charge in [0.1, 0.15) is 5.60 Å². The van der Waals surface area contributed by atoms with E-state index in [0.29, 0.717) is 19.1 Å². The summed E-state index contributed by atoms with van der Waals surface area (Å²) in [6.45, 7) is 1.20. The van der Waals surface area contributed by atoms with Gasteiger partial charge in [-0.15, -0.1) is 0 Å². The molecule has 0 radical (unpaired) electrons. The minimum atomic E-state index is -0.417. The van der Waals surface area contributed by atoms with Crippen LogP contribution in [-0.4, -0.2) is 23.9 Å². The van der Waals surface area contributed by atoms with Gasteiger partial charge in [0.05, 0.1) is 13.2 Å². The molecule has 0 amide bonds. The number of rotatable bonds is 1. The summed E-state index contributed by atoms with van der Waals surface area (Å²) >= 11 is 0. The van der Waals surface area contributed by atoms with Crippen molar-refractivity contribution in [2.75, 3.05) is 13.2 Å². The van der Waals surface area contributed by atoms with E-state index in [1.807, 2.05) is 0 Å². The highest BCUT2D eigenvalue weighted by atomic mass is 16.5. The predicted molar refractivity (Wildman–Crippen MR) is 44.7 cm³/mol.